The zero-order chi connectivity index (χ0) is 25.1. The molecule has 182 valence electrons. The van der Waals surface area contributed by atoms with Gasteiger partial charge in [0.15, 0.2) is 0 Å². The molecule has 38 heavy (non-hydrogen) atoms. The molecule has 6 heterocycles. The zero-order valence-electron chi connectivity index (χ0n) is 20.6. The van der Waals surface area contributed by atoms with Crippen molar-refractivity contribution in [3.05, 3.63) is 120 Å². The predicted octanol–water partition coefficient (Wildman–Crippen LogP) is 6.18. The van der Waals surface area contributed by atoms with E-state index < -0.39 is 0 Å². The molecule has 4 aromatic heterocycles. The number of hydrogen-bond acceptors (Lipinski definition) is 4. The van der Waals surface area contributed by atoms with Gasteiger partial charge < -0.3 is 19.8 Å². The second kappa shape index (κ2) is 8.21. The fourth-order valence-electron chi connectivity index (χ4n) is 5.93. The number of fused-ring (bicyclic) bond motifs is 6. The third-order valence-electron chi connectivity index (χ3n) is 7.69. The van der Waals surface area contributed by atoms with Crippen LogP contribution in [-0.4, -0.2) is 19.1 Å². The maximum absolute atomic E-state index is 4.40. The van der Waals surface area contributed by atoms with E-state index >= 15 is 0 Å². The van der Waals surface area contributed by atoms with E-state index in [2.05, 4.69) is 103 Å². The van der Waals surface area contributed by atoms with E-state index in [9.17, 15) is 0 Å². The van der Waals surface area contributed by atoms with Crippen LogP contribution in [0.15, 0.2) is 97.9 Å². The molecule has 6 heteroatoms. The highest BCUT2D eigenvalue weighted by Gasteiger charge is 2.19. The molecule has 0 fully saturated rings. The molecule has 2 N–H and O–H groups in total. The van der Waals surface area contributed by atoms with Crippen LogP contribution in [0.2, 0.25) is 0 Å². The van der Waals surface area contributed by atoms with Crippen molar-refractivity contribution in [2.75, 3.05) is 0 Å². The number of hydrogen-bond donors (Lipinski definition) is 2. The summed E-state index contributed by atoms with van der Waals surface area (Å²) in [4.78, 5) is 8.81. The molecular formula is C32H24N6. The van der Waals surface area contributed by atoms with Gasteiger partial charge in [-0.25, -0.2) is 0 Å². The molecule has 2 aliphatic heterocycles. The van der Waals surface area contributed by atoms with Crippen LogP contribution in [0, 0.1) is 0 Å². The standard InChI is InChI=1S/C32H24N6/c1-5-23(37-29-11-15-33-17-27(29)25-9-13-35-19-31(25)37)6-2-21(1)22-3-7-24(8-4-22)38-30-12-16-34-18-28(30)26-10-14-36-20-32(26)38/h1-16,19-20,33-34H,17-18H2. The number of nitrogens with zero attached hydrogens (tertiary/aromatic N) is 4. The third-order valence-corrected chi connectivity index (χ3v) is 7.69. The summed E-state index contributed by atoms with van der Waals surface area (Å²) in [7, 11) is 0. The van der Waals surface area contributed by atoms with Crippen LogP contribution in [0.3, 0.4) is 0 Å². The molecule has 0 radical (unpaired) electrons. The molecule has 0 bridgehead atoms. The highest BCUT2D eigenvalue weighted by Crippen LogP contribution is 2.34. The van der Waals surface area contributed by atoms with Crippen LogP contribution < -0.4 is 10.6 Å². The molecule has 0 aliphatic carbocycles. The lowest BCUT2D eigenvalue weighted by molar-refractivity contribution is 0.855. The normalized spacial score (nSPS) is 13.8. The minimum absolute atomic E-state index is 0.825. The SMILES string of the molecule is C1=Cc2c(c3ccncc3n2-c2ccc(-c3ccc(-n4c5c(c6ccncc64)CNC=C5)cc3)cc2)CN1. The summed E-state index contributed by atoms with van der Waals surface area (Å²) in [6.45, 7) is 1.65. The van der Waals surface area contributed by atoms with Gasteiger partial charge in [0.05, 0.1) is 34.8 Å². The van der Waals surface area contributed by atoms with Gasteiger partial charge in [0.25, 0.3) is 0 Å². The summed E-state index contributed by atoms with van der Waals surface area (Å²) >= 11 is 0. The van der Waals surface area contributed by atoms with Crippen LogP contribution in [-0.2, 0) is 13.1 Å². The van der Waals surface area contributed by atoms with Gasteiger partial charge in [-0.2, -0.15) is 0 Å². The monoisotopic (exact) mass is 492 g/mol. The summed E-state index contributed by atoms with van der Waals surface area (Å²) in [6, 6.07) is 21.8. The number of benzene rings is 2. The van der Waals surface area contributed by atoms with Crippen LogP contribution in [0.1, 0.15) is 22.5 Å². The highest BCUT2D eigenvalue weighted by molar-refractivity contribution is 5.91. The van der Waals surface area contributed by atoms with E-state index in [1.807, 2.05) is 37.2 Å². The Labute approximate surface area is 219 Å². The molecule has 0 unspecified atom stereocenters. The Hall–Kier alpha value is -5.10. The average molecular weight is 493 g/mol. The van der Waals surface area contributed by atoms with Crippen LogP contribution >= 0.6 is 0 Å². The minimum Gasteiger partial charge on any atom is -0.387 e. The van der Waals surface area contributed by atoms with E-state index in [-0.39, 0.29) is 0 Å². The van der Waals surface area contributed by atoms with E-state index in [1.54, 1.807) is 0 Å². The lowest BCUT2D eigenvalue weighted by Gasteiger charge is -2.14. The summed E-state index contributed by atoms with van der Waals surface area (Å²) in [5.41, 5.74) is 11.9. The van der Waals surface area contributed by atoms with Crippen molar-refractivity contribution in [2.24, 2.45) is 0 Å². The number of pyridine rings is 2. The van der Waals surface area contributed by atoms with Crippen molar-refractivity contribution < 1.29 is 0 Å². The summed E-state index contributed by atoms with van der Waals surface area (Å²) in [5.74, 6) is 0. The Morgan fingerprint density at radius 2 is 1.00 bits per heavy atom. The smallest absolute Gasteiger partial charge is 0.0721 e. The van der Waals surface area contributed by atoms with E-state index in [4.69, 9.17) is 0 Å². The Morgan fingerprint density at radius 3 is 1.45 bits per heavy atom. The molecule has 6 aromatic rings. The van der Waals surface area contributed by atoms with Crippen molar-refractivity contribution >= 4 is 34.0 Å². The molecule has 2 aliphatic rings. The molecule has 6 nitrogen and oxygen atoms in total. The van der Waals surface area contributed by atoms with E-state index in [1.165, 1.54) is 44.4 Å². The zero-order valence-corrected chi connectivity index (χ0v) is 20.6. The molecule has 0 spiro atoms. The van der Waals surface area contributed by atoms with Crippen molar-refractivity contribution in [2.45, 2.75) is 13.1 Å². The molecular weight excluding hydrogens is 468 g/mol. The molecule has 2 aromatic carbocycles. The van der Waals surface area contributed by atoms with Crippen LogP contribution in [0.5, 0.6) is 0 Å². The Kier molecular flexibility index (Phi) is 4.54. The van der Waals surface area contributed by atoms with Gasteiger partial charge in [-0.1, -0.05) is 24.3 Å². The molecule has 0 saturated carbocycles. The topological polar surface area (TPSA) is 59.7 Å². The van der Waals surface area contributed by atoms with Gasteiger partial charge in [-0.3, -0.25) is 9.97 Å². The number of rotatable bonds is 3. The molecule has 0 saturated heterocycles. The first-order chi connectivity index (χ1) is 18.9. The van der Waals surface area contributed by atoms with Gasteiger partial charge in [0.1, 0.15) is 0 Å². The molecule has 0 amide bonds. The number of aromatic nitrogens is 4. The minimum atomic E-state index is 0.825. The average Bonchev–Trinajstić information content (AvgIpc) is 3.51. The molecule has 8 rings (SSSR count). The largest absolute Gasteiger partial charge is 0.387 e. The third kappa shape index (κ3) is 3.07. The van der Waals surface area contributed by atoms with Crippen LogP contribution in [0.4, 0.5) is 0 Å². The van der Waals surface area contributed by atoms with Crippen molar-refractivity contribution in [3.63, 3.8) is 0 Å². The van der Waals surface area contributed by atoms with Crippen molar-refractivity contribution in [1.82, 2.24) is 29.7 Å². The quantitative estimate of drug-likeness (QED) is 0.310. The Bertz CT molecular complexity index is 1760. The molecule has 0 atom stereocenters. The second-order valence-corrected chi connectivity index (χ2v) is 9.71. The van der Waals surface area contributed by atoms with Gasteiger partial charge in [-0.05, 0) is 72.1 Å². The summed E-state index contributed by atoms with van der Waals surface area (Å²) in [6.07, 6.45) is 16.0. The first-order valence-corrected chi connectivity index (χ1v) is 12.8. The predicted molar refractivity (Wildman–Crippen MR) is 153 cm³/mol. The maximum Gasteiger partial charge on any atom is 0.0721 e. The summed E-state index contributed by atoms with van der Waals surface area (Å²) in [5, 5.41) is 9.17. The second-order valence-electron chi connectivity index (χ2n) is 9.71. The fraction of sp³-hybridized carbons (Fsp3) is 0.0625. The highest BCUT2D eigenvalue weighted by atomic mass is 15.0. The lowest BCUT2D eigenvalue weighted by Crippen LogP contribution is -2.10. The van der Waals surface area contributed by atoms with Crippen molar-refractivity contribution in [3.8, 4) is 22.5 Å². The first kappa shape index (κ1) is 21.0. The van der Waals surface area contributed by atoms with E-state index in [0.717, 1.165) is 35.5 Å². The van der Waals surface area contributed by atoms with Gasteiger partial charge in [0, 0.05) is 58.8 Å². The van der Waals surface area contributed by atoms with Gasteiger partial charge in [-0.15, -0.1) is 0 Å². The van der Waals surface area contributed by atoms with Gasteiger partial charge >= 0.3 is 0 Å². The first-order valence-electron chi connectivity index (χ1n) is 12.8. The van der Waals surface area contributed by atoms with Crippen LogP contribution in [0.25, 0.3) is 56.5 Å². The van der Waals surface area contributed by atoms with Crippen molar-refractivity contribution in [1.29, 1.82) is 0 Å². The summed E-state index contributed by atoms with van der Waals surface area (Å²) < 4.78 is 4.61. The Morgan fingerprint density at radius 1 is 0.553 bits per heavy atom. The van der Waals surface area contributed by atoms with E-state index in [0.29, 0.717) is 0 Å². The fourth-order valence-corrected chi connectivity index (χ4v) is 5.93. The maximum atomic E-state index is 4.40. The number of nitrogens with one attached hydrogen (secondary N) is 2. The lowest BCUT2D eigenvalue weighted by atomic mass is 10.0. The van der Waals surface area contributed by atoms with Gasteiger partial charge in [0.2, 0.25) is 0 Å². The Balaban J connectivity index is 1.17.